The normalized spacial score (nSPS) is 25.5. The summed E-state index contributed by atoms with van der Waals surface area (Å²) in [5.41, 5.74) is 0.873. The number of ether oxygens (including phenoxy) is 1. The van der Waals surface area contributed by atoms with Crippen LogP contribution in [0.25, 0.3) is 0 Å². The molecule has 0 aromatic carbocycles. The summed E-state index contributed by atoms with van der Waals surface area (Å²) in [5.74, 6) is -0.0934. The van der Waals surface area contributed by atoms with Crippen molar-refractivity contribution in [2.45, 2.75) is 84.2 Å². The van der Waals surface area contributed by atoms with Crippen molar-refractivity contribution in [3.8, 4) is 0 Å². The summed E-state index contributed by atoms with van der Waals surface area (Å²) in [7, 11) is 0. The second-order valence-electron chi connectivity index (χ2n) is 6.80. The third-order valence-electron chi connectivity index (χ3n) is 5.15. The van der Waals surface area contributed by atoms with E-state index in [0.717, 1.165) is 24.8 Å². The van der Waals surface area contributed by atoms with Crippen molar-refractivity contribution >= 4 is 5.97 Å². The monoisotopic (exact) mass is 264 g/mol. The van der Waals surface area contributed by atoms with Gasteiger partial charge in [0.1, 0.15) is 5.60 Å². The lowest BCUT2D eigenvalue weighted by Gasteiger charge is -2.27. The van der Waals surface area contributed by atoms with Gasteiger partial charge in [0, 0.05) is 5.57 Å². The van der Waals surface area contributed by atoms with Crippen LogP contribution >= 0.6 is 0 Å². The quantitative estimate of drug-likeness (QED) is 0.539. The molecule has 2 saturated carbocycles. The molecule has 0 heterocycles. The van der Waals surface area contributed by atoms with Crippen LogP contribution in [-0.2, 0) is 9.53 Å². The van der Waals surface area contributed by atoms with Crippen LogP contribution in [0.1, 0.15) is 78.6 Å². The number of allylic oxidation sites excluding steroid dienone is 1. The molecule has 108 valence electrons. The lowest BCUT2D eigenvalue weighted by Crippen LogP contribution is -2.29. The highest BCUT2D eigenvalue weighted by Crippen LogP contribution is 2.43. The molecular weight excluding hydrogens is 236 g/mol. The maximum absolute atomic E-state index is 12.3. The van der Waals surface area contributed by atoms with Gasteiger partial charge in [-0.15, -0.1) is 0 Å². The standard InChI is InChI=1S/C17H28O2/c1-4-17(11-7-8-12-17)13-14(2)15(18)19-16(3)9-5-6-10-16/h13H,4-12H2,1-3H3. The van der Waals surface area contributed by atoms with Crippen LogP contribution in [0, 0.1) is 5.41 Å². The first-order chi connectivity index (χ1) is 8.99. The maximum atomic E-state index is 12.3. The van der Waals surface area contributed by atoms with Crippen LogP contribution in [-0.4, -0.2) is 11.6 Å². The van der Waals surface area contributed by atoms with Gasteiger partial charge in [-0.3, -0.25) is 0 Å². The predicted octanol–water partition coefficient (Wildman–Crippen LogP) is 4.78. The summed E-state index contributed by atoms with van der Waals surface area (Å²) in [6, 6.07) is 0. The van der Waals surface area contributed by atoms with Gasteiger partial charge in [0.05, 0.1) is 0 Å². The van der Waals surface area contributed by atoms with Crippen LogP contribution in [0.4, 0.5) is 0 Å². The number of carbonyl (C=O) groups excluding carboxylic acids is 1. The van der Waals surface area contributed by atoms with E-state index in [4.69, 9.17) is 4.74 Å². The van der Waals surface area contributed by atoms with E-state index >= 15 is 0 Å². The largest absolute Gasteiger partial charge is 0.456 e. The molecule has 2 fully saturated rings. The van der Waals surface area contributed by atoms with Crippen molar-refractivity contribution in [1.29, 1.82) is 0 Å². The Morgan fingerprint density at radius 3 is 2.16 bits per heavy atom. The van der Waals surface area contributed by atoms with E-state index in [9.17, 15) is 4.79 Å². The molecule has 0 aromatic heterocycles. The van der Waals surface area contributed by atoms with Crippen LogP contribution in [0.15, 0.2) is 11.6 Å². The maximum Gasteiger partial charge on any atom is 0.333 e. The van der Waals surface area contributed by atoms with E-state index in [1.807, 2.05) is 6.92 Å². The van der Waals surface area contributed by atoms with Crippen LogP contribution in [0.5, 0.6) is 0 Å². The Balaban J connectivity index is 2.01. The van der Waals surface area contributed by atoms with Crippen molar-refractivity contribution in [3.05, 3.63) is 11.6 Å². The van der Waals surface area contributed by atoms with Gasteiger partial charge >= 0.3 is 5.97 Å². The highest BCUT2D eigenvalue weighted by Gasteiger charge is 2.34. The van der Waals surface area contributed by atoms with E-state index < -0.39 is 0 Å². The van der Waals surface area contributed by atoms with Gasteiger partial charge in [0.15, 0.2) is 0 Å². The van der Waals surface area contributed by atoms with Gasteiger partial charge in [-0.25, -0.2) is 4.79 Å². The Kier molecular flexibility index (Phi) is 4.37. The second kappa shape index (κ2) is 5.68. The molecular formula is C17H28O2. The minimum atomic E-state index is -0.207. The Morgan fingerprint density at radius 1 is 1.11 bits per heavy atom. The predicted molar refractivity (Wildman–Crippen MR) is 77.9 cm³/mol. The summed E-state index contributed by atoms with van der Waals surface area (Å²) in [5, 5.41) is 0. The number of carbonyl (C=O) groups is 1. The van der Waals surface area contributed by atoms with Gasteiger partial charge in [0.2, 0.25) is 0 Å². The smallest absolute Gasteiger partial charge is 0.333 e. The van der Waals surface area contributed by atoms with E-state index in [1.165, 1.54) is 38.5 Å². The number of esters is 1. The molecule has 0 unspecified atom stereocenters. The van der Waals surface area contributed by atoms with Crippen molar-refractivity contribution < 1.29 is 9.53 Å². The Hall–Kier alpha value is -0.790. The molecule has 2 heteroatoms. The molecule has 0 aliphatic heterocycles. The average Bonchev–Trinajstić information content (AvgIpc) is 2.99. The molecule has 19 heavy (non-hydrogen) atoms. The zero-order chi connectivity index (χ0) is 13.9. The Morgan fingerprint density at radius 2 is 1.63 bits per heavy atom. The fourth-order valence-electron chi connectivity index (χ4n) is 3.73. The molecule has 0 aromatic rings. The fraction of sp³-hybridized carbons (Fsp3) is 0.824. The lowest BCUT2D eigenvalue weighted by atomic mass is 9.82. The third kappa shape index (κ3) is 3.40. The van der Waals surface area contributed by atoms with Gasteiger partial charge < -0.3 is 4.74 Å². The first kappa shape index (κ1) is 14.6. The number of hydrogen-bond donors (Lipinski definition) is 0. The molecule has 0 N–H and O–H groups in total. The average molecular weight is 264 g/mol. The molecule has 2 nitrogen and oxygen atoms in total. The number of rotatable bonds is 4. The zero-order valence-electron chi connectivity index (χ0n) is 12.8. The molecule has 0 bridgehead atoms. The summed E-state index contributed by atoms with van der Waals surface area (Å²) < 4.78 is 5.75. The highest BCUT2D eigenvalue weighted by atomic mass is 16.6. The van der Waals surface area contributed by atoms with Crippen molar-refractivity contribution in [3.63, 3.8) is 0 Å². The summed E-state index contributed by atoms with van der Waals surface area (Å²) in [4.78, 5) is 12.3. The zero-order valence-corrected chi connectivity index (χ0v) is 12.8. The molecule has 0 spiro atoms. The molecule has 2 rings (SSSR count). The van der Waals surface area contributed by atoms with E-state index in [-0.39, 0.29) is 17.0 Å². The Labute approximate surface area is 117 Å². The molecule has 0 atom stereocenters. The molecule has 0 saturated heterocycles. The van der Waals surface area contributed by atoms with Crippen LogP contribution in [0.3, 0.4) is 0 Å². The van der Waals surface area contributed by atoms with E-state index in [0.29, 0.717) is 0 Å². The van der Waals surface area contributed by atoms with E-state index in [2.05, 4.69) is 19.9 Å². The fourth-order valence-corrected chi connectivity index (χ4v) is 3.73. The van der Waals surface area contributed by atoms with Gasteiger partial charge in [-0.05, 0) is 64.2 Å². The van der Waals surface area contributed by atoms with Crippen molar-refractivity contribution in [2.24, 2.45) is 5.41 Å². The Bertz CT molecular complexity index is 355. The van der Waals surface area contributed by atoms with Gasteiger partial charge in [-0.1, -0.05) is 25.8 Å². The molecule has 0 amide bonds. The van der Waals surface area contributed by atoms with Crippen molar-refractivity contribution in [2.75, 3.05) is 0 Å². The van der Waals surface area contributed by atoms with E-state index in [1.54, 1.807) is 0 Å². The minimum Gasteiger partial charge on any atom is -0.456 e. The first-order valence-electron chi connectivity index (χ1n) is 7.91. The molecule has 2 aliphatic carbocycles. The van der Waals surface area contributed by atoms with Gasteiger partial charge in [-0.2, -0.15) is 0 Å². The van der Waals surface area contributed by atoms with Gasteiger partial charge in [0.25, 0.3) is 0 Å². The summed E-state index contributed by atoms with van der Waals surface area (Å²) >= 11 is 0. The SMILES string of the molecule is CCC1(C=C(C)C(=O)OC2(C)CCCC2)CCCC1. The topological polar surface area (TPSA) is 26.3 Å². The highest BCUT2D eigenvalue weighted by molar-refractivity contribution is 5.88. The summed E-state index contributed by atoms with van der Waals surface area (Å²) in [6.07, 6.45) is 12.8. The second-order valence-corrected chi connectivity index (χ2v) is 6.80. The molecule has 0 radical (unpaired) electrons. The number of hydrogen-bond acceptors (Lipinski definition) is 2. The molecule has 2 aliphatic rings. The minimum absolute atomic E-state index is 0.0934. The third-order valence-corrected chi connectivity index (χ3v) is 5.15. The van der Waals surface area contributed by atoms with Crippen LogP contribution in [0.2, 0.25) is 0 Å². The summed E-state index contributed by atoms with van der Waals surface area (Å²) in [6.45, 7) is 6.24. The van der Waals surface area contributed by atoms with Crippen molar-refractivity contribution in [1.82, 2.24) is 0 Å². The van der Waals surface area contributed by atoms with Crippen LogP contribution < -0.4 is 0 Å². The lowest BCUT2D eigenvalue weighted by molar-refractivity contribution is -0.152. The first-order valence-corrected chi connectivity index (χ1v) is 7.91.